The zero-order valence-corrected chi connectivity index (χ0v) is 18.9. The van der Waals surface area contributed by atoms with Crippen LogP contribution >= 0.6 is 0 Å². The van der Waals surface area contributed by atoms with E-state index in [1.807, 2.05) is 45.0 Å². The molecule has 2 aromatic rings. The maximum atomic E-state index is 14.8. The Morgan fingerprint density at radius 2 is 1.97 bits per heavy atom. The van der Waals surface area contributed by atoms with Crippen molar-refractivity contribution in [2.24, 2.45) is 0 Å². The Morgan fingerprint density at radius 1 is 1.19 bits per heavy atom. The summed E-state index contributed by atoms with van der Waals surface area (Å²) in [5, 5.41) is 2.83. The Balaban J connectivity index is 1.76. The number of benzene rings is 1. The number of allylic oxidation sites excluding steroid dienone is 1. The number of fused-ring (bicyclic) bond motifs is 1. The molecular formula is C25H30FN3O3. The Morgan fingerprint density at radius 3 is 2.59 bits per heavy atom. The van der Waals surface area contributed by atoms with Gasteiger partial charge in [-0.2, -0.15) is 0 Å². The Hall–Kier alpha value is -3.09. The number of carbonyl (C=O) groups excluding carboxylic acids is 1. The number of aromatic amines is 1. The molecule has 1 fully saturated rings. The van der Waals surface area contributed by atoms with Crippen LogP contribution in [0.3, 0.4) is 0 Å². The van der Waals surface area contributed by atoms with E-state index < -0.39 is 11.2 Å². The number of halogens is 1. The number of amides is 1. The molecule has 2 aliphatic rings. The maximum absolute atomic E-state index is 14.8. The van der Waals surface area contributed by atoms with E-state index in [1.165, 1.54) is 6.07 Å². The van der Waals surface area contributed by atoms with Gasteiger partial charge in [-0.3, -0.25) is 9.59 Å². The first-order chi connectivity index (χ1) is 15.4. The van der Waals surface area contributed by atoms with Gasteiger partial charge in [0.15, 0.2) is 11.6 Å². The summed E-state index contributed by atoms with van der Waals surface area (Å²) in [4.78, 5) is 30.4. The quantitative estimate of drug-likeness (QED) is 0.670. The highest BCUT2D eigenvalue weighted by atomic mass is 19.1. The van der Waals surface area contributed by atoms with Gasteiger partial charge >= 0.3 is 0 Å². The van der Waals surface area contributed by atoms with Crippen molar-refractivity contribution >= 4 is 11.6 Å². The fourth-order valence-electron chi connectivity index (χ4n) is 4.77. The molecule has 170 valence electrons. The number of rotatable bonds is 6. The number of nitrogens with zero attached hydrogens (tertiary/aromatic N) is 1. The maximum Gasteiger partial charge on any atom is 0.252 e. The van der Waals surface area contributed by atoms with Crippen molar-refractivity contribution in [2.75, 3.05) is 31.1 Å². The first kappa shape index (κ1) is 22.1. The fraction of sp³-hybridized carbons (Fsp3) is 0.440. The third-order valence-electron chi connectivity index (χ3n) is 6.79. The van der Waals surface area contributed by atoms with Gasteiger partial charge in [0, 0.05) is 40.9 Å². The molecule has 32 heavy (non-hydrogen) atoms. The Bertz CT molecular complexity index is 1120. The molecule has 6 nitrogen and oxygen atoms in total. The number of pyridine rings is 1. The summed E-state index contributed by atoms with van der Waals surface area (Å²) in [5.41, 5.74) is 2.45. The first-order valence-electron chi connectivity index (χ1n) is 11.4. The van der Waals surface area contributed by atoms with Crippen LogP contribution in [0.1, 0.15) is 45.6 Å². The summed E-state index contributed by atoms with van der Waals surface area (Å²) in [5.74, 6) is -0.233. The summed E-state index contributed by atoms with van der Waals surface area (Å²) in [6.07, 6.45) is 4.02. The molecule has 0 unspecified atom stereocenters. The van der Waals surface area contributed by atoms with Crippen LogP contribution in [0, 0.1) is 5.82 Å². The summed E-state index contributed by atoms with van der Waals surface area (Å²) in [6, 6.07) is 6.91. The van der Waals surface area contributed by atoms with Gasteiger partial charge in [0.1, 0.15) is 6.61 Å². The van der Waals surface area contributed by atoms with Gasteiger partial charge in [0.2, 0.25) is 5.91 Å². The number of H-pyrrole nitrogens is 1. The van der Waals surface area contributed by atoms with Gasteiger partial charge < -0.3 is 19.9 Å². The van der Waals surface area contributed by atoms with E-state index in [4.69, 9.17) is 4.74 Å². The van der Waals surface area contributed by atoms with E-state index in [2.05, 4.69) is 15.2 Å². The molecule has 0 bridgehead atoms. The smallest absolute Gasteiger partial charge is 0.252 e. The van der Waals surface area contributed by atoms with Gasteiger partial charge in [0.25, 0.3) is 5.56 Å². The Kier molecular flexibility index (Phi) is 6.09. The van der Waals surface area contributed by atoms with Crippen LogP contribution in [0.5, 0.6) is 5.75 Å². The largest absolute Gasteiger partial charge is 0.486 e. The van der Waals surface area contributed by atoms with Gasteiger partial charge in [-0.05, 0) is 44.4 Å². The molecule has 0 saturated carbocycles. The molecule has 0 aliphatic carbocycles. The number of aromatic nitrogens is 1. The summed E-state index contributed by atoms with van der Waals surface area (Å²) >= 11 is 0. The number of anilines is 1. The average molecular weight is 440 g/mol. The predicted molar refractivity (Wildman–Crippen MR) is 124 cm³/mol. The number of hydrogen-bond acceptors (Lipinski definition) is 4. The minimum absolute atomic E-state index is 0.0587. The van der Waals surface area contributed by atoms with Crippen LogP contribution in [0.4, 0.5) is 10.1 Å². The van der Waals surface area contributed by atoms with Crippen molar-refractivity contribution in [1.82, 2.24) is 10.3 Å². The number of nitrogens with one attached hydrogen (secondary N) is 2. The van der Waals surface area contributed by atoms with Crippen LogP contribution in [0.25, 0.3) is 11.3 Å². The molecule has 0 atom stereocenters. The molecule has 3 heterocycles. The lowest BCUT2D eigenvalue weighted by atomic mass is 9.74. The molecule has 7 heteroatoms. The predicted octanol–water partition coefficient (Wildman–Crippen LogP) is 3.90. The summed E-state index contributed by atoms with van der Waals surface area (Å²) in [6.45, 7) is 8.59. The van der Waals surface area contributed by atoms with Crippen molar-refractivity contribution in [3.63, 3.8) is 0 Å². The fourth-order valence-corrected chi connectivity index (χ4v) is 4.77. The van der Waals surface area contributed by atoms with Crippen molar-refractivity contribution in [1.29, 1.82) is 0 Å². The lowest BCUT2D eigenvalue weighted by Gasteiger charge is -2.31. The number of carbonyl (C=O) groups is 1. The molecule has 1 amide bonds. The molecule has 2 N–H and O–H groups in total. The number of hydrogen-bond donors (Lipinski definition) is 2. The highest BCUT2D eigenvalue weighted by Crippen LogP contribution is 2.38. The van der Waals surface area contributed by atoms with Crippen LogP contribution in [-0.2, 0) is 10.2 Å². The van der Waals surface area contributed by atoms with Crippen LogP contribution in [0.2, 0.25) is 0 Å². The third kappa shape index (κ3) is 3.80. The van der Waals surface area contributed by atoms with Gasteiger partial charge in [-0.25, -0.2) is 4.39 Å². The van der Waals surface area contributed by atoms with Crippen LogP contribution in [-0.4, -0.2) is 37.1 Å². The normalized spacial score (nSPS) is 17.3. The second-order valence-electron chi connectivity index (χ2n) is 8.39. The molecule has 1 aromatic heterocycles. The second kappa shape index (κ2) is 8.81. The third-order valence-corrected chi connectivity index (χ3v) is 6.79. The summed E-state index contributed by atoms with van der Waals surface area (Å²) in [7, 11) is 0. The van der Waals surface area contributed by atoms with Crippen molar-refractivity contribution < 1.29 is 13.9 Å². The molecule has 1 aromatic carbocycles. The van der Waals surface area contributed by atoms with Crippen molar-refractivity contribution in [3.8, 4) is 17.0 Å². The average Bonchev–Trinajstić information content (AvgIpc) is 3.21. The van der Waals surface area contributed by atoms with Gasteiger partial charge in [-0.15, -0.1) is 0 Å². The van der Waals surface area contributed by atoms with E-state index in [9.17, 15) is 14.0 Å². The minimum Gasteiger partial charge on any atom is -0.486 e. The molecule has 4 rings (SSSR count). The summed E-state index contributed by atoms with van der Waals surface area (Å²) < 4.78 is 20.3. The van der Waals surface area contributed by atoms with E-state index >= 15 is 0 Å². The number of ether oxygens (including phenoxy) is 1. The van der Waals surface area contributed by atoms with Gasteiger partial charge in [-0.1, -0.05) is 26.0 Å². The first-order valence-corrected chi connectivity index (χ1v) is 11.4. The zero-order valence-electron chi connectivity index (χ0n) is 18.9. The highest BCUT2D eigenvalue weighted by Gasteiger charge is 2.32. The minimum atomic E-state index is -0.531. The van der Waals surface area contributed by atoms with Crippen molar-refractivity contribution in [2.45, 2.75) is 45.4 Å². The highest BCUT2D eigenvalue weighted by molar-refractivity contribution is 5.95. The monoisotopic (exact) mass is 439 g/mol. The van der Waals surface area contributed by atoms with E-state index in [1.54, 1.807) is 0 Å². The standard InChI is InChI=1S/C25H30FN3O3/c1-4-25(5-2,15-16-9-10-27-23(16)30)18-7-8-20(28-24(18)31)17-13-19(26)22-21(14-17)29(6-3)11-12-32-22/h7-8,13-15H,4-6,9-12H2,1-3H3,(H,27,30)(H,28,31). The van der Waals surface area contributed by atoms with Crippen LogP contribution < -0.4 is 20.5 Å². The number of likely N-dealkylation sites (N-methyl/N-ethyl adjacent to an activating group) is 1. The lowest BCUT2D eigenvalue weighted by molar-refractivity contribution is -0.116. The van der Waals surface area contributed by atoms with Crippen molar-refractivity contribution in [3.05, 3.63) is 57.6 Å². The van der Waals surface area contributed by atoms with E-state index in [0.29, 0.717) is 61.5 Å². The molecule has 0 radical (unpaired) electrons. The van der Waals surface area contributed by atoms with E-state index in [0.717, 1.165) is 12.1 Å². The SMILES string of the molecule is CCN1CCOc2c(F)cc(-c3ccc(C(C=C4CCNC4=O)(CC)CC)c(=O)[nH]3)cc21. The zero-order chi connectivity index (χ0) is 22.9. The van der Waals surface area contributed by atoms with Crippen LogP contribution in [0.15, 0.2) is 40.7 Å². The second-order valence-corrected chi connectivity index (χ2v) is 8.39. The molecule has 2 aliphatic heterocycles. The molecule has 0 spiro atoms. The van der Waals surface area contributed by atoms with E-state index in [-0.39, 0.29) is 17.2 Å². The Labute approximate surface area is 187 Å². The van der Waals surface area contributed by atoms with Gasteiger partial charge in [0.05, 0.1) is 12.2 Å². The lowest BCUT2D eigenvalue weighted by Crippen LogP contribution is -2.33. The molecular weight excluding hydrogens is 409 g/mol. The topological polar surface area (TPSA) is 74.4 Å². The molecule has 1 saturated heterocycles.